The van der Waals surface area contributed by atoms with E-state index in [2.05, 4.69) is 0 Å². The molecule has 126 valence electrons. The van der Waals surface area contributed by atoms with Crippen molar-refractivity contribution in [3.63, 3.8) is 0 Å². The Bertz CT molecular complexity index is 640. The molecule has 0 radical (unpaired) electrons. The second-order valence-corrected chi connectivity index (χ2v) is 7.92. The van der Waals surface area contributed by atoms with E-state index >= 15 is 0 Å². The number of hydrogen-bond donors (Lipinski definition) is 0. The molecule has 1 aromatic carbocycles. The number of piperidine rings is 1. The van der Waals surface area contributed by atoms with Crippen molar-refractivity contribution < 1.29 is 17.9 Å². The molecular formula is C17H23NO4S. The van der Waals surface area contributed by atoms with Gasteiger partial charge >= 0.3 is 0 Å². The molecule has 0 N–H and O–H groups in total. The third-order valence-corrected chi connectivity index (χ3v) is 5.97. The van der Waals surface area contributed by atoms with Crippen LogP contribution in [0.5, 0.6) is 0 Å². The van der Waals surface area contributed by atoms with E-state index in [1.54, 1.807) is 10.4 Å². The van der Waals surface area contributed by atoms with E-state index in [4.69, 9.17) is 9.47 Å². The van der Waals surface area contributed by atoms with Crippen molar-refractivity contribution in [1.82, 2.24) is 4.31 Å². The van der Waals surface area contributed by atoms with Gasteiger partial charge in [-0.1, -0.05) is 29.8 Å². The van der Waals surface area contributed by atoms with Crippen molar-refractivity contribution in [1.29, 1.82) is 0 Å². The molecule has 0 amide bonds. The maximum Gasteiger partial charge on any atom is 0.236 e. The van der Waals surface area contributed by atoms with Crippen LogP contribution in [-0.2, 0) is 19.5 Å². The van der Waals surface area contributed by atoms with Gasteiger partial charge in [-0.15, -0.1) is 0 Å². The fourth-order valence-electron chi connectivity index (χ4n) is 2.98. The maximum absolute atomic E-state index is 12.4. The zero-order chi connectivity index (χ0) is 16.3. The van der Waals surface area contributed by atoms with Crippen LogP contribution in [0.1, 0.15) is 24.0 Å². The molecule has 2 heterocycles. The first-order valence-corrected chi connectivity index (χ1v) is 9.53. The van der Waals surface area contributed by atoms with Crippen molar-refractivity contribution in [3.05, 3.63) is 40.8 Å². The number of sulfonamides is 1. The minimum absolute atomic E-state index is 0.150. The van der Waals surface area contributed by atoms with Crippen LogP contribution in [-0.4, -0.2) is 45.3 Å². The van der Waals surface area contributed by atoms with Gasteiger partial charge in [-0.2, -0.15) is 4.31 Å². The summed E-state index contributed by atoms with van der Waals surface area (Å²) in [6, 6.07) is 7.78. The van der Waals surface area contributed by atoms with Crippen molar-refractivity contribution >= 4 is 16.1 Å². The summed E-state index contributed by atoms with van der Waals surface area (Å²) >= 11 is 0. The molecule has 0 atom stereocenters. The Morgan fingerprint density at radius 3 is 2.30 bits per heavy atom. The van der Waals surface area contributed by atoms with E-state index in [1.807, 2.05) is 31.2 Å². The van der Waals surface area contributed by atoms with Crippen molar-refractivity contribution in [2.24, 2.45) is 5.92 Å². The highest BCUT2D eigenvalue weighted by molar-refractivity contribution is 7.92. The normalized spacial score (nSPS) is 22.1. The molecule has 2 saturated heterocycles. The van der Waals surface area contributed by atoms with Crippen LogP contribution >= 0.6 is 0 Å². The summed E-state index contributed by atoms with van der Waals surface area (Å²) in [5.41, 5.74) is 2.05. The van der Waals surface area contributed by atoms with E-state index in [1.165, 1.54) is 5.41 Å². The lowest BCUT2D eigenvalue weighted by molar-refractivity contribution is -0.0937. The number of nitrogens with zero attached hydrogens (tertiary/aromatic N) is 1. The summed E-state index contributed by atoms with van der Waals surface area (Å²) in [4.78, 5) is 0. The standard InChI is InChI=1S/C17H23NO4S/c1-14-2-4-15(5-3-14)8-13-23(19,20)18-9-6-16(7-10-18)17-21-11-12-22-17/h2-5,8,13,16-17H,6-7,9-12H2,1H3/b13-8+. The molecule has 0 bridgehead atoms. The van der Waals surface area contributed by atoms with E-state index in [0.717, 1.165) is 24.0 Å². The quantitative estimate of drug-likeness (QED) is 0.846. The van der Waals surface area contributed by atoms with Gasteiger partial charge in [0.15, 0.2) is 6.29 Å². The number of ether oxygens (including phenoxy) is 2. The van der Waals surface area contributed by atoms with Gasteiger partial charge in [-0.25, -0.2) is 8.42 Å². The molecular weight excluding hydrogens is 314 g/mol. The minimum Gasteiger partial charge on any atom is -0.350 e. The van der Waals surface area contributed by atoms with Crippen LogP contribution in [0, 0.1) is 12.8 Å². The molecule has 5 nitrogen and oxygen atoms in total. The van der Waals surface area contributed by atoms with Crippen LogP contribution in [0.3, 0.4) is 0 Å². The van der Waals surface area contributed by atoms with Gasteiger partial charge in [-0.3, -0.25) is 0 Å². The molecule has 0 aliphatic carbocycles. The SMILES string of the molecule is Cc1ccc(/C=C/S(=O)(=O)N2CCC(C3OCCO3)CC2)cc1. The van der Waals surface area contributed by atoms with Gasteiger partial charge in [0.1, 0.15) is 0 Å². The van der Waals surface area contributed by atoms with Crippen molar-refractivity contribution in [2.75, 3.05) is 26.3 Å². The molecule has 3 rings (SSSR count). The molecule has 2 aliphatic rings. The monoisotopic (exact) mass is 337 g/mol. The van der Waals surface area contributed by atoms with Crippen LogP contribution in [0.2, 0.25) is 0 Å². The topological polar surface area (TPSA) is 55.8 Å². The molecule has 2 fully saturated rings. The Morgan fingerprint density at radius 2 is 1.70 bits per heavy atom. The number of hydrogen-bond acceptors (Lipinski definition) is 4. The number of rotatable bonds is 4. The van der Waals surface area contributed by atoms with Gasteiger partial charge in [0.2, 0.25) is 10.0 Å². The molecule has 2 aliphatic heterocycles. The second kappa shape index (κ2) is 7.13. The van der Waals surface area contributed by atoms with E-state index in [9.17, 15) is 8.42 Å². The zero-order valence-corrected chi connectivity index (χ0v) is 14.2. The average molecular weight is 337 g/mol. The van der Waals surface area contributed by atoms with E-state index in [0.29, 0.717) is 32.2 Å². The molecule has 1 aromatic rings. The van der Waals surface area contributed by atoms with Gasteiger partial charge in [0.25, 0.3) is 0 Å². The predicted molar refractivity (Wildman–Crippen MR) is 89.1 cm³/mol. The number of benzene rings is 1. The number of aryl methyl sites for hydroxylation is 1. The third kappa shape index (κ3) is 4.20. The van der Waals surface area contributed by atoms with Gasteiger partial charge in [0.05, 0.1) is 13.2 Å². The maximum atomic E-state index is 12.4. The van der Waals surface area contributed by atoms with Crippen molar-refractivity contribution in [3.8, 4) is 0 Å². The fourth-order valence-corrected chi connectivity index (χ4v) is 4.20. The Kier molecular flexibility index (Phi) is 5.16. The summed E-state index contributed by atoms with van der Waals surface area (Å²) < 4.78 is 37.5. The molecule has 0 spiro atoms. The van der Waals surface area contributed by atoms with Crippen LogP contribution in [0.15, 0.2) is 29.7 Å². The summed E-state index contributed by atoms with van der Waals surface area (Å²) in [6.45, 7) is 4.33. The first-order valence-electron chi connectivity index (χ1n) is 8.03. The predicted octanol–water partition coefficient (Wildman–Crippen LogP) is 2.38. The Labute approximate surface area is 137 Å². The lowest BCUT2D eigenvalue weighted by atomic mass is 9.98. The van der Waals surface area contributed by atoms with Crippen LogP contribution in [0.4, 0.5) is 0 Å². The third-order valence-electron chi connectivity index (χ3n) is 4.40. The first-order chi connectivity index (χ1) is 11.0. The first kappa shape index (κ1) is 16.6. The average Bonchev–Trinajstić information content (AvgIpc) is 3.09. The highest BCUT2D eigenvalue weighted by Gasteiger charge is 2.33. The summed E-state index contributed by atoms with van der Waals surface area (Å²) in [5.74, 6) is 0.296. The Morgan fingerprint density at radius 1 is 1.09 bits per heavy atom. The zero-order valence-electron chi connectivity index (χ0n) is 13.3. The lowest BCUT2D eigenvalue weighted by Gasteiger charge is -2.32. The Hall–Kier alpha value is -1.21. The van der Waals surface area contributed by atoms with Crippen LogP contribution < -0.4 is 0 Å². The van der Waals surface area contributed by atoms with Crippen molar-refractivity contribution in [2.45, 2.75) is 26.1 Å². The van der Waals surface area contributed by atoms with Crippen LogP contribution in [0.25, 0.3) is 6.08 Å². The smallest absolute Gasteiger partial charge is 0.236 e. The lowest BCUT2D eigenvalue weighted by Crippen LogP contribution is -2.40. The molecule has 6 heteroatoms. The van der Waals surface area contributed by atoms with Gasteiger partial charge in [-0.05, 0) is 31.4 Å². The minimum atomic E-state index is -3.37. The Balaban J connectivity index is 1.58. The second-order valence-electron chi connectivity index (χ2n) is 6.10. The highest BCUT2D eigenvalue weighted by atomic mass is 32.2. The summed E-state index contributed by atoms with van der Waals surface area (Å²) in [7, 11) is -3.37. The molecule has 0 aromatic heterocycles. The van der Waals surface area contributed by atoms with Gasteiger partial charge in [0, 0.05) is 24.4 Å². The fraction of sp³-hybridized carbons (Fsp3) is 0.529. The van der Waals surface area contributed by atoms with Gasteiger partial charge < -0.3 is 9.47 Å². The van der Waals surface area contributed by atoms with E-state index in [-0.39, 0.29) is 6.29 Å². The van der Waals surface area contributed by atoms with E-state index < -0.39 is 10.0 Å². The highest BCUT2D eigenvalue weighted by Crippen LogP contribution is 2.27. The summed E-state index contributed by atoms with van der Waals surface area (Å²) in [6.07, 6.45) is 3.07. The largest absolute Gasteiger partial charge is 0.350 e. The molecule has 23 heavy (non-hydrogen) atoms. The molecule has 0 unspecified atom stereocenters. The summed E-state index contributed by atoms with van der Waals surface area (Å²) in [5, 5.41) is 1.31. The molecule has 0 saturated carbocycles.